The molecule has 0 aliphatic carbocycles. The molecule has 1 heterocycles. The summed E-state index contributed by atoms with van der Waals surface area (Å²) in [5.41, 5.74) is 1.35. The van der Waals surface area contributed by atoms with Crippen LogP contribution in [0, 0.1) is 0 Å². The second kappa shape index (κ2) is 10.4. The molecule has 3 rings (SSSR count). The molecule has 31 heavy (non-hydrogen) atoms. The zero-order valence-corrected chi connectivity index (χ0v) is 17.4. The van der Waals surface area contributed by atoms with Gasteiger partial charge in [-0.25, -0.2) is 0 Å². The predicted octanol–water partition coefficient (Wildman–Crippen LogP) is 1.36. The highest BCUT2D eigenvalue weighted by Crippen LogP contribution is 2.29. The molecule has 1 fully saturated rings. The maximum Gasteiger partial charge on any atom is 0.313 e. The number of methoxy groups -OCH3 is 2. The minimum Gasteiger partial charge on any atom is -0.493 e. The molecule has 0 aromatic heterocycles. The number of carbonyl (C=O) groups excluding carboxylic acids is 3. The van der Waals surface area contributed by atoms with Gasteiger partial charge in [-0.15, -0.1) is 0 Å². The largest absolute Gasteiger partial charge is 0.493 e. The molecule has 0 unspecified atom stereocenters. The van der Waals surface area contributed by atoms with E-state index in [1.54, 1.807) is 17.0 Å². The molecule has 2 aromatic carbocycles. The van der Waals surface area contributed by atoms with E-state index in [4.69, 9.17) is 14.2 Å². The molecule has 1 atom stereocenters. The van der Waals surface area contributed by atoms with E-state index in [1.165, 1.54) is 20.3 Å². The monoisotopic (exact) mass is 427 g/mol. The Bertz CT molecular complexity index is 934. The standard InChI is InChI=1S/C22H25N3O6/c1-29-17-9-8-16(12-18(17)30-2)24-22(28)21(27)23-13-20(26)25-10-11-31-19(14-25)15-6-4-3-5-7-15/h3-9,12,19H,10-11,13-14H2,1-2H3,(H,23,27)(H,24,28)/t19-/m0/s1. The van der Waals surface area contributed by atoms with Crippen LogP contribution < -0.4 is 20.1 Å². The maximum absolute atomic E-state index is 12.5. The maximum atomic E-state index is 12.5. The number of hydrogen-bond acceptors (Lipinski definition) is 6. The summed E-state index contributed by atoms with van der Waals surface area (Å²) in [5, 5.41) is 4.83. The van der Waals surface area contributed by atoms with Crippen molar-refractivity contribution in [3.63, 3.8) is 0 Å². The molecule has 2 N–H and O–H groups in total. The summed E-state index contributed by atoms with van der Waals surface area (Å²) < 4.78 is 16.0. The lowest BCUT2D eigenvalue weighted by Crippen LogP contribution is -2.48. The second-order valence-corrected chi connectivity index (χ2v) is 6.82. The third-order valence-electron chi connectivity index (χ3n) is 4.84. The van der Waals surface area contributed by atoms with Gasteiger partial charge in [-0.2, -0.15) is 0 Å². The van der Waals surface area contributed by atoms with Crippen molar-refractivity contribution in [2.75, 3.05) is 45.8 Å². The van der Waals surface area contributed by atoms with Crippen LogP contribution in [0.2, 0.25) is 0 Å². The van der Waals surface area contributed by atoms with E-state index in [0.29, 0.717) is 36.9 Å². The fourth-order valence-electron chi connectivity index (χ4n) is 3.19. The van der Waals surface area contributed by atoms with Crippen molar-refractivity contribution in [3.05, 3.63) is 54.1 Å². The number of amides is 3. The summed E-state index contributed by atoms with van der Waals surface area (Å²) in [5.74, 6) is -1.16. The first-order chi connectivity index (χ1) is 15.0. The molecule has 0 saturated carbocycles. The Morgan fingerprint density at radius 3 is 2.48 bits per heavy atom. The number of rotatable bonds is 6. The van der Waals surface area contributed by atoms with Gasteiger partial charge in [0.25, 0.3) is 0 Å². The number of carbonyl (C=O) groups is 3. The number of hydrogen-bond donors (Lipinski definition) is 2. The van der Waals surface area contributed by atoms with Crippen molar-refractivity contribution < 1.29 is 28.6 Å². The lowest BCUT2D eigenvalue weighted by molar-refractivity contribution is -0.141. The quantitative estimate of drug-likeness (QED) is 0.675. The average Bonchev–Trinajstić information content (AvgIpc) is 2.82. The van der Waals surface area contributed by atoms with Crippen LogP contribution in [-0.2, 0) is 19.1 Å². The van der Waals surface area contributed by atoms with Gasteiger partial charge in [0, 0.05) is 18.3 Å². The van der Waals surface area contributed by atoms with E-state index in [-0.39, 0.29) is 18.6 Å². The minimum absolute atomic E-state index is 0.219. The van der Waals surface area contributed by atoms with E-state index in [1.807, 2.05) is 30.3 Å². The van der Waals surface area contributed by atoms with Crippen molar-refractivity contribution in [1.82, 2.24) is 10.2 Å². The van der Waals surface area contributed by atoms with Crippen molar-refractivity contribution in [1.29, 1.82) is 0 Å². The molecule has 2 aromatic rings. The molecule has 0 bridgehead atoms. The van der Waals surface area contributed by atoms with Crippen LogP contribution in [0.15, 0.2) is 48.5 Å². The molecule has 9 nitrogen and oxygen atoms in total. The summed E-state index contributed by atoms with van der Waals surface area (Å²) >= 11 is 0. The summed E-state index contributed by atoms with van der Waals surface area (Å²) in [6, 6.07) is 14.3. The van der Waals surface area contributed by atoms with Gasteiger partial charge in [0.2, 0.25) is 5.91 Å². The van der Waals surface area contributed by atoms with E-state index in [2.05, 4.69) is 10.6 Å². The third kappa shape index (κ3) is 5.73. The molecule has 0 radical (unpaired) electrons. The first-order valence-corrected chi connectivity index (χ1v) is 9.77. The van der Waals surface area contributed by atoms with Crippen LogP contribution in [-0.4, -0.2) is 63.1 Å². The molecule has 1 saturated heterocycles. The average molecular weight is 427 g/mol. The van der Waals surface area contributed by atoms with Gasteiger partial charge in [-0.05, 0) is 17.7 Å². The Kier molecular flexibility index (Phi) is 7.45. The Hall–Kier alpha value is -3.59. The van der Waals surface area contributed by atoms with Gasteiger partial charge in [-0.1, -0.05) is 30.3 Å². The molecule has 3 amide bonds. The number of nitrogens with one attached hydrogen (secondary N) is 2. The topological polar surface area (TPSA) is 106 Å². The molecule has 9 heteroatoms. The molecule has 164 valence electrons. The highest BCUT2D eigenvalue weighted by molar-refractivity contribution is 6.39. The minimum atomic E-state index is -0.906. The van der Waals surface area contributed by atoms with Gasteiger partial charge in [0.15, 0.2) is 11.5 Å². The number of nitrogens with zero attached hydrogens (tertiary/aromatic N) is 1. The smallest absolute Gasteiger partial charge is 0.313 e. The van der Waals surface area contributed by atoms with Crippen molar-refractivity contribution in [3.8, 4) is 11.5 Å². The summed E-state index contributed by atoms with van der Waals surface area (Å²) in [6.45, 7) is 0.936. The van der Waals surface area contributed by atoms with E-state index < -0.39 is 11.8 Å². The molecule has 0 spiro atoms. The SMILES string of the molecule is COc1ccc(NC(=O)C(=O)NCC(=O)N2CCO[C@H](c3ccccc3)C2)cc1OC. The van der Waals surface area contributed by atoms with Crippen molar-refractivity contribution >= 4 is 23.4 Å². The lowest BCUT2D eigenvalue weighted by atomic mass is 10.1. The zero-order chi connectivity index (χ0) is 22.2. The van der Waals surface area contributed by atoms with Crippen molar-refractivity contribution in [2.24, 2.45) is 0 Å². The number of anilines is 1. The highest BCUT2D eigenvalue weighted by atomic mass is 16.5. The van der Waals surface area contributed by atoms with Crippen LogP contribution in [0.3, 0.4) is 0 Å². The molecule has 1 aliphatic rings. The van der Waals surface area contributed by atoms with Gasteiger partial charge < -0.3 is 29.7 Å². The van der Waals surface area contributed by atoms with Crippen LogP contribution in [0.4, 0.5) is 5.69 Å². The Balaban J connectivity index is 1.50. The zero-order valence-electron chi connectivity index (χ0n) is 17.4. The van der Waals surface area contributed by atoms with Crippen LogP contribution in [0.25, 0.3) is 0 Å². The van der Waals surface area contributed by atoms with Crippen LogP contribution in [0.1, 0.15) is 11.7 Å². The number of benzene rings is 2. The number of ether oxygens (including phenoxy) is 3. The van der Waals surface area contributed by atoms with E-state index >= 15 is 0 Å². The van der Waals surface area contributed by atoms with Gasteiger partial charge in [0.1, 0.15) is 6.10 Å². The second-order valence-electron chi connectivity index (χ2n) is 6.82. The molecular weight excluding hydrogens is 402 g/mol. The Labute approximate surface area is 180 Å². The van der Waals surface area contributed by atoms with Crippen LogP contribution >= 0.6 is 0 Å². The third-order valence-corrected chi connectivity index (χ3v) is 4.84. The predicted molar refractivity (Wildman–Crippen MR) is 113 cm³/mol. The number of morpholine rings is 1. The Morgan fingerprint density at radius 1 is 1.03 bits per heavy atom. The molecule has 1 aliphatic heterocycles. The van der Waals surface area contributed by atoms with Crippen molar-refractivity contribution in [2.45, 2.75) is 6.10 Å². The van der Waals surface area contributed by atoms with Gasteiger partial charge >= 0.3 is 11.8 Å². The van der Waals surface area contributed by atoms with E-state index in [0.717, 1.165) is 5.56 Å². The normalized spacial score (nSPS) is 15.7. The van der Waals surface area contributed by atoms with E-state index in [9.17, 15) is 14.4 Å². The summed E-state index contributed by atoms with van der Waals surface area (Å²) in [4.78, 5) is 38.4. The highest BCUT2D eigenvalue weighted by Gasteiger charge is 2.26. The fourth-order valence-corrected chi connectivity index (χ4v) is 3.19. The lowest BCUT2D eigenvalue weighted by Gasteiger charge is -2.33. The van der Waals surface area contributed by atoms with Gasteiger partial charge in [-0.3, -0.25) is 14.4 Å². The first kappa shape index (κ1) is 22.1. The summed E-state index contributed by atoms with van der Waals surface area (Å²) in [7, 11) is 2.97. The Morgan fingerprint density at radius 2 is 1.77 bits per heavy atom. The van der Waals surface area contributed by atoms with Gasteiger partial charge in [0.05, 0.1) is 33.9 Å². The fraction of sp³-hybridized carbons (Fsp3) is 0.318. The molecular formula is C22H25N3O6. The summed E-state index contributed by atoms with van der Waals surface area (Å²) in [6.07, 6.45) is -0.219. The first-order valence-electron chi connectivity index (χ1n) is 9.77. The van der Waals surface area contributed by atoms with Crippen LogP contribution in [0.5, 0.6) is 11.5 Å².